The number of piperidine rings is 1. The Kier molecular flexibility index (Phi) is 4.08. The number of β-lactam (4-membered cyclic amide) rings is 1. The number of esters is 1. The summed E-state index contributed by atoms with van der Waals surface area (Å²) in [5.74, 6) is -1.24. The van der Waals surface area contributed by atoms with Gasteiger partial charge in [0.1, 0.15) is 5.92 Å². The largest absolute Gasteiger partial charge is 0.469 e. The molecule has 140 valence electrons. The third-order valence-electron chi connectivity index (χ3n) is 6.76. The van der Waals surface area contributed by atoms with E-state index in [2.05, 4.69) is 0 Å². The summed E-state index contributed by atoms with van der Waals surface area (Å²) in [5.41, 5.74) is -0.718. The van der Waals surface area contributed by atoms with Crippen LogP contribution in [0, 0.1) is 11.3 Å². The van der Waals surface area contributed by atoms with Crippen molar-refractivity contribution in [2.75, 3.05) is 13.7 Å². The van der Waals surface area contributed by atoms with Crippen molar-refractivity contribution < 1.29 is 24.2 Å². The van der Waals surface area contributed by atoms with Gasteiger partial charge in [-0.3, -0.25) is 9.59 Å². The molecule has 1 aliphatic carbocycles. The van der Waals surface area contributed by atoms with Crippen molar-refractivity contribution in [2.24, 2.45) is 11.3 Å². The Morgan fingerprint density at radius 3 is 2.73 bits per heavy atom. The van der Waals surface area contributed by atoms with Gasteiger partial charge in [0.2, 0.25) is 0 Å². The predicted molar refractivity (Wildman–Crippen MR) is 92.9 cm³/mol. The van der Waals surface area contributed by atoms with E-state index in [4.69, 9.17) is 9.47 Å². The van der Waals surface area contributed by atoms with E-state index < -0.39 is 29.0 Å². The molecule has 6 heteroatoms. The van der Waals surface area contributed by atoms with Crippen molar-refractivity contribution in [3.63, 3.8) is 0 Å². The molecule has 0 aromatic heterocycles. The van der Waals surface area contributed by atoms with Crippen molar-refractivity contribution in [1.82, 2.24) is 4.90 Å². The van der Waals surface area contributed by atoms with Gasteiger partial charge in [-0.15, -0.1) is 0 Å². The van der Waals surface area contributed by atoms with Crippen LogP contribution in [-0.4, -0.2) is 53.3 Å². The third kappa shape index (κ3) is 2.25. The number of nitrogens with zero attached hydrogens (tertiary/aromatic N) is 1. The van der Waals surface area contributed by atoms with Crippen LogP contribution in [0.15, 0.2) is 30.3 Å². The fourth-order valence-corrected chi connectivity index (χ4v) is 5.28. The first-order chi connectivity index (χ1) is 12.4. The summed E-state index contributed by atoms with van der Waals surface area (Å²) >= 11 is 0. The number of amides is 1. The van der Waals surface area contributed by atoms with Gasteiger partial charge < -0.3 is 19.5 Å². The molecule has 4 rings (SSSR count). The van der Waals surface area contributed by atoms with Gasteiger partial charge in [0.05, 0.1) is 25.4 Å². The molecule has 0 bridgehead atoms. The van der Waals surface area contributed by atoms with Gasteiger partial charge in [0.25, 0.3) is 5.91 Å². The summed E-state index contributed by atoms with van der Waals surface area (Å²) < 4.78 is 10.9. The second-order valence-corrected chi connectivity index (χ2v) is 7.92. The molecule has 2 saturated heterocycles. The highest BCUT2D eigenvalue weighted by Crippen LogP contribution is 2.60. The zero-order valence-electron chi connectivity index (χ0n) is 15.2. The number of fused-ring (bicyclic) bond motifs is 3. The Morgan fingerprint density at radius 2 is 2.04 bits per heavy atom. The lowest BCUT2D eigenvalue weighted by atomic mass is 9.57. The summed E-state index contributed by atoms with van der Waals surface area (Å²) in [7, 11) is 1.33. The maximum atomic E-state index is 12.7. The average Bonchev–Trinajstić information content (AvgIpc) is 2.96. The minimum absolute atomic E-state index is 0.102. The molecule has 2 heterocycles. The molecule has 1 aromatic rings. The molecular formula is C20H25NO5. The van der Waals surface area contributed by atoms with Crippen molar-refractivity contribution in [3.05, 3.63) is 35.9 Å². The summed E-state index contributed by atoms with van der Waals surface area (Å²) in [6.07, 6.45) is 1.57. The van der Waals surface area contributed by atoms with Crippen LogP contribution >= 0.6 is 0 Å². The Bertz CT molecular complexity index is 722. The number of ether oxygens (including phenoxy) is 2. The fraction of sp³-hybridized carbons (Fsp3) is 0.600. The van der Waals surface area contributed by atoms with Crippen LogP contribution in [0.5, 0.6) is 0 Å². The maximum absolute atomic E-state index is 12.7. The van der Waals surface area contributed by atoms with Gasteiger partial charge in [0, 0.05) is 12.0 Å². The molecule has 6 nitrogen and oxygen atoms in total. The fourth-order valence-electron chi connectivity index (χ4n) is 5.28. The number of methoxy groups -OCH3 is 1. The van der Waals surface area contributed by atoms with Crippen LogP contribution < -0.4 is 0 Å². The second kappa shape index (κ2) is 6.06. The van der Waals surface area contributed by atoms with Crippen LogP contribution in [0.3, 0.4) is 0 Å². The number of hydrogen-bond donors (Lipinski definition) is 1. The van der Waals surface area contributed by atoms with E-state index in [1.807, 2.05) is 37.3 Å². The highest BCUT2D eigenvalue weighted by molar-refractivity contribution is 5.90. The lowest BCUT2D eigenvalue weighted by Crippen LogP contribution is -2.80. The van der Waals surface area contributed by atoms with Crippen LogP contribution in [0.25, 0.3) is 0 Å². The predicted octanol–water partition coefficient (Wildman–Crippen LogP) is 1.51. The molecule has 3 fully saturated rings. The van der Waals surface area contributed by atoms with Gasteiger partial charge in [-0.25, -0.2) is 0 Å². The van der Waals surface area contributed by atoms with E-state index in [0.29, 0.717) is 13.0 Å². The molecule has 1 N–H and O–H groups in total. The number of aliphatic hydroxyl groups is 1. The Balaban J connectivity index is 1.58. The first kappa shape index (κ1) is 17.5. The molecule has 5 atom stereocenters. The molecule has 0 spiro atoms. The molecule has 2 aliphatic heterocycles. The molecule has 26 heavy (non-hydrogen) atoms. The highest BCUT2D eigenvalue weighted by Gasteiger charge is 2.72. The highest BCUT2D eigenvalue weighted by atomic mass is 16.5. The summed E-state index contributed by atoms with van der Waals surface area (Å²) in [6.45, 7) is 2.54. The molecule has 1 amide bonds. The van der Waals surface area contributed by atoms with E-state index in [0.717, 1.165) is 18.4 Å². The SMILES string of the molecule is COC(=O)[C@H]1CN2C(=O)[C@H](OCc3ccccc3)[C@@H]2[C@@]2(C)CCC[C@]12O. The minimum Gasteiger partial charge on any atom is -0.469 e. The van der Waals surface area contributed by atoms with Gasteiger partial charge in [-0.1, -0.05) is 37.3 Å². The lowest BCUT2D eigenvalue weighted by Gasteiger charge is -2.63. The van der Waals surface area contributed by atoms with Crippen LogP contribution in [0.1, 0.15) is 31.7 Å². The second-order valence-electron chi connectivity index (χ2n) is 7.92. The topological polar surface area (TPSA) is 76.1 Å². The van der Waals surface area contributed by atoms with Gasteiger partial charge in [0.15, 0.2) is 6.10 Å². The molecular weight excluding hydrogens is 334 g/mol. The molecule has 3 aliphatic rings. The van der Waals surface area contributed by atoms with Crippen molar-refractivity contribution in [3.8, 4) is 0 Å². The Hall–Kier alpha value is -1.92. The van der Waals surface area contributed by atoms with Gasteiger partial charge >= 0.3 is 5.97 Å². The number of carbonyl (C=O) groups is 2. The first-order valence-electron chi connectivity index (χ1n) is 9.18. The minimum atomic E-state index is -1.16. The van der Waals surface area contributed by atoms with Crippen LogP contribution in [0.4, 0.5) is 0 Å². The Morgan fingerprint density at radius 1 is 1.31 bits per heavy atom. The first-order valence-corrected chi connectivity index (χ1v) is 9.18. The third-order valence-corrected chi connectivity index (χ3v) is 6.76. The number of hydrogen-bond acceptors (Lipinski definition) is 5. The summed E-state index contributed by atoms with van der Waals surface area (Å²) in [5, 5.41) is 11.4. The molecule has 1 saturated carbocycles. The normalized spacial score (nSPS) is 38.3. The van der Waals surface area contributed by atoms with Gasteiger partial charge in [-0.05, 0) is 24.8 Å². The van der Waals surface area contributed by atoms with E-state index in [9.17, 15) is 14.7 Å². The molecule has 1 aromatic carbocycles. The number of carbonyl (C=O) groups excluding carboxylic acids is 2. The van der Waals surface area contributed by atoms with Crippen LogP contribution in [-0.2, 0) is 25.7 Å². The monoisotopic (exact) mass is 359 g/mol. The molecule has 0 radical (unpaired) electrons. The van der Waals surface area contributed by atoms with E-state index in [1.54, 1.807) is 4.90 Å². The zero-order chi connectivity index (χ0) is 18.5. The summed E-state index contributed by atoms with van der Waals surface area (Å²) in [4.78, 5) is 26.7. The van der Waals surface area contributed by atoms with Crippen molar-refractivity contribution in [2.45, 2.75) is 50.5 Å². The maximum Gasteiger partial charge on any atom is 0.313 e. The quantitative estimate of drug-likeness (QED) is 0.651. The number of benzene rings is 1. The number of rotatable bonds is 4. The van der Waals surface area contributed by atoms with E-state index in [-0.39, 0.29) is 18.5 Å². The van der Waals surface area contributed by atoms with Crippen LogP contribution in [0.2, 0.25) is 0 Å². The average molecular weight is 359 g/mol. The van der Waals surface area contributed by atoms with Gasteiger partial charge in [-0.2, -0.15) is 0 Å². The van der Waals surface area contributed by atoms with Crippen molar-refractivity contribution >= 4 is 11.9 Å². The van der Waals surface area contributed by atoms with E-state index in [1.165, 1.54) is 7.11 Å². The zero-order valence-corrected chi connectivity index (χ0v) is 15.2. The van der Waals surface area contributed by atoms with Crippen molar-refractivity contribution in [1.29, 1.82) is 0 Å². The molecule has 0 unspecified atom stereocenters. The summed E-state index contributed by atoms with van der Waals surface area (Å²) in [6, 6.07) is 9.53. The lowest BCUT2D eigenvalue weighted by molar-refractivity contribution is -0.243. The Labute approximate surface area is 153 Å². The smallest absolute Gasteiger partial charge is 0.313 e. The van der Waals surface area contributed by atoms with E-state index >= 15 is 0 Å². The standard InChI is InChI=1S/C20H25NO5/c1-19-9-6-10-20(19,24)14(18(23)25-2)11-21-16(19)15(17(21)22)26-12-13-7-4-3-5-8-13/h3-5,7-8,14-16,24H,6,9-12H2,1-2H3/t14-,15-,16-,19-,20+/m1/s1.